The van der Waals surface area contributed by atoms with Gasteiger partial charge >= 0.3 is 5.97 Å². The van der Waals surface area contributed by atoms with Crippen molar-refractivity contribution in [2.24, 2.45) is 0 Å². The first-order valence-corrected chi connectivity index (χ1v) is 14.4. The van der Waals surface area contributed by atoms with Gasteiger partial charge in [-0.05, 0) is 65.3 Å². The van der Waals surface area contributed by atoms with Crippen LogP contribution in [0.1, 0.15) is 53.4 Å². The van der Waals surface area contributed by atoms with Gasteiger partial charge in [0.2, 0.25) is 0 Å². The zero-order valence-corrected chi connectivity index (χ0v) is 23.8. The molecule has 3 aromatic carbocycles. The van der Waals surface area contributed by atoms with E-state index in [0.29, 0.717) is 11.8 Å². The Balaban J connectivity index is 0.000000349. The lowest BCUT2D eigenvalue weighted by atomic mass is 9.69. The molecule has 4 atom stereocenters. The Kier molecular flexibility index (Phi) is 10.9. The van der Waals surface area contributed by atoms with Crippen LogP contribution in [0.25, 0.3) is 0 Å². The van der Waals surface area contributed by atoms with Crippen molar-refractivity contribution >= 4 is 11.9 Å². The van der Waals surface area contributed by atoms with Gasteiger partial charge in [-0.25, -0.2) is 4.79 Å². The second kappa shape index (κ2) is 14.8. The van der Waals surface area contributed by atoms with Crippen LogP contribution in [0.4, 0.5) is 0 Å². The summed E-state index contributed by atoms with van der Waals surface area (Å²) >= 11 is 0. The van der Waals surface area contributed by atoms with Crippen LogP contribution in [0, 0.1) is 0 Å². The third kappa shape index (κ3) is 7.88. The number of quaternary nitrogens is 1. The molecule has 4 N–H and O–H groups in total. The second-order valence-corrected chi connectivity index (χ2v) is 10.8. The Morgan fingerprint density at radius 2 is 1.60 bits per heavy atom. The number of nitrogens with one attached hydrogen (secondary N) is 1. The largest absolute Gasteiger partial charge is 0.547 e. The maximum Gasteiger partial charge on any atom is 0.335 e. The molecular formula is C33H39NO8. The highest BCUT2D eigenvalue weighted by Gasteiger charge is 2.32. The van der Waals surface area contributed by atoms with Crippen molar-refractivity contribution in [2.75, 3.05) is 33.4 Å². The molecule has 1 heterocycles. The minimum atomic E-state index is -2.38. The Labute approximate surface area is 246 Å². The van der Waals surface area contributed by atoms with Crippen LogP contribution in [-0.4, -0.2) is 72.8 Å². The van der Waals surface area contributed by atoms with Crippen LogP contribution >= 0.6 is 0 Å². The normalized spacial score (nSPS) is 19.5. The van der Waals surface area contributed by atoms with Gasteiger partial charge in [-0.1, -0.05) is 48.5 Å². The number of benzene rings is 3. The monoisotopic (exact) mass is 577 g/mol. The molecule has 0 saturated carbocycles. The van der Waals surface area contributed by atoms with E-state index in [1.54, 1.807) is 12.0 Å². The number of aliphatic hydroxyl groups excluding tert-OH is 2. The first-order chi connectivity index (χ1) is 20.3. The summed E-state index contributed by atoms with van der Waals surface area (Å²) in [7, 11) is 1.75. The summed E-state index contributed by atoms with van der Waals surface area (Å²) in [5, 5.41) is 34.1. The average molecular weight is 578 g/mol. The third-order valence-corrected chi connectivity index (χ3v) is 8.11. The molecule has 9 heteroatoms. The van der Waals surface area contributed by atoms with E-state index in [0.717, 1.165) is 37.5 Å². The molecule has 1 fully saturated rings. The molecule has 0 radical (unpaired) electrons. The molecule has 42 heavy (non-hydrogen) atoms. The number of carboxylic acid groups (broad SMARTS) is 2. The Morgan fingerprint density at radius 1 is 0.929 bits per heavy atom. The van der Waals surface area contributed by atoms with E-state index >= 15 is 0 Å². The van der Waals surface area contributed by atoms with Gasteiger partial charge in [0.1, 0.15) is 30.8 Å². The number of methoxy groups -OCH3 is 1. The fourth-order valence-corrected chi connectivity index (χ4v) is 5.87. The number of aliphatic carboxylic acids is 2. The number of likely N-dealkylation sites (tertiary alicyclic amines) is 1. The Bertz CT molecular complexity index is 1290. The van der Waals surface area contributed by atoms with E-state index in [-0.39, 0.29) is 0 Å². The SMILES string of the molecule is COc1ccc2c(c1)CCC(c1ccccc1)C2c1ccc(OCC[NH+]2CCCC2)cc1.O=C([O-])[C@@H](O)[C@H](O)C(=O)O. The van der Waals surface area contributed by atoms with Gasteiger partial charge in [-0.15, -0.1) is 0 Å². The highest BCUT2D eigenvalue weighted by atomic mass is 16.5. The summed E-state index contributed by atoms with van der Waals surface area (Å²) in [5.74, 6) is -1.08. The average Bonchev–Trinajstić information content (AvgIpc) is 3.54. The van der Waals surface area contributed by atoms with Gasteiger partial charge < -0.3 is 39.6 Å². The molecule has 1 aliphatic heterocycles. The fourth-order valence-electron chi connectivity index (χ4n) is 5.87. The number of aliphatic hydroxyl groups is 2. The van der Waals surface area contributed by atoms with Gasteiger partial charge in [-0.3, -0.25) is 0 Å². The summed E-state index contributed by atoms with van der Waals surface area (Å²) in [5.41, 5.74) is 5.63. The van der Waals surface area contributed by atoms with Crippen molar-refractivity contribution in [2.45, 2.75) is 49.7 Å². The van der Waals surface area contributed by atoms with E-state index < -0.39 is 24.1 Å². The van der Waals surface area contributed by atoms with Gasteiger partial charge in [0.25, 0.3) is 0 Å². The number of aryl methyl sites for hydroxylation is 1. The molecule has 2 aliphatic rings. The number of hydrogen-bond donors (Lipinski definition) is 4. The molecule has 0 bridgehead atoms. The van der Waals surface area contributed by atoms with Crippen molar-refractivity contribution in [1.29, 1.82) is 0 Å². The molecule has 1 saturated heterocycles. The molecule has 0 aromatic heterocycles. The van der Waals surface area contributed by atoms with Crippen molar-refractivity contribution in [3.63, 3.8) is 0 Å². The molecular weight excluding hydrogens is 538 g/mol. The Hall–Kier alpha value is -3.92. The van der Waals surface area contributed by atoms with Gasteiger partial charge in [0.15, 0.2) is 6.10 Å². The van der Waals surface area contributed by atoms with Gasteiger partial charge in [0.05, 0.1) is 26.2 Å². The predicted molar refractivity (Wildman–Crippen MR) is 154 cm³/mol. The van der Waals surface area contributed by atoms with E-state index in [1.807, 2.05) is 0 Å². The molecule has 5 rings (SSSR count). The van der Waals surface area contributed by atoms with Crippen LogP contribution in [0.5, 0.6) is 11.5 Å². The van der Waals surface area contributed by atoms with Gasteiger partial charge in [-0.2, -0.15) is 0 Å². The van der Waals surface area contributed by atoms with Crippen LogP contribution in [0.15, 0.2) is 72.8 Å². The Morgan fingerprint density at radius 3 is 2.19 bits per heavy atom. The minimum Gasteiger partial charge on any atom is -0.547 e. The van der Waals surface area contributed by atoms with Crippen LogP contribution < -0.4 is 19.5 Å². The third-order valence-electron chi connectivity index (χ3n) is 8.11. The summed E-state index contributed by atoms with van der Waals surface area (Å²) in [4.78, 5) is 21.1. The summed E-state index contributed by atoms with van der Waals surface area (Å²) in [6.07, 6.45) is 0.249. The first-order valence-electron chi connectivity index (χ1n) is 14.4. The highest BCUT2D eigenvalue weighted by Crippen LogP contribution is 2.47. The maximum atomic E-state index is 9.74. The zero-order chi connectivity index (χ0) is 30.1. The number of carbonyl (C=O) groups is 2. The quantitative estimate of drug-likeness (QED) is 0.281. The molecule has 1 aliphatic carbocycles. The first kappa shape index (κ1) is 31.0. The number of ether oxygens (including phenoxy) is 2. The lowest BCUT2D eigenvalue weighted by Gasteiger charge is -2.35. The number of rotatable bonds is 10. The lowest BCUT2D eigenvalue weighted by Crippen LogP contribution is -3.10. The van der Waals surface area contributed by atoms with Crippen LogP contribution in [0.2, 0.25) is 0 Å². The molecule has 224 valence electrons. The van der Waals surface area contributed by atoms with Crippen molar-refractivity contribution in [1.82, 2.24) is 0 Å². The molecule has 0 amide bonds. The van der Waals surface area contributed by atoms with E-state index in [9.17, 15) is 14.7 Å². The summed E-state index contributed by atoms with van der Waals surface area (Å²) < 4.78 is 11.6. The second-order valence-electron chi connectivity index (χ2n) is 10.8. The standard InChI is InChI=1S/C29H33NO2.C4H6O6/c1-31-26-14-16-28-24(21-26)11-15-27(22-7-3-2-4-8-22)29(28)23-9-12-25(13-10-23)32-20-19-30-17-5-6-18-30;5-1(3(7)8)2(6)4(9)10/h2-4,7-10,12-14,16,21,27,29H,5-6,11,15,17-20H2,1H3;1-2,5-6H,(H,7,8)(H,9,10)/t;1-,2-/m.0/s1. The van der Waals surface area contributed by atoms with E-state index in [4.69, 9.17) is 24.8 Å². The number of carbonyl (C=O) groups excluding carboxylic acids is 1. The molecule has 9 nitrogen and oxygen atoms in total. The molecule has 3 aromatic rings. The van der Waals surface area contributed by atoms with Crippen LogP contribution in [0.3, 0.4) is 0 Å². The maximum absolute atomic E-state index is 9.74. The van der Waals surface area contributed by atoms with Crippen molar-refractivity contribution in [3.05, 3.63) is 95.1 Å². The van der Waals surface area contributed by atoms with Gasteiger partial charge in [0, 0.05) is 18.8 Å². The van der Waals surface area contributed by atoms with Crippen LogP contribution in [-0.2, 0) is 16.0 Å². The fraction of sp³-hybridized carbons (Fsp3) is 0.394. The topological polar surface area (TPSA) is 141 Å². The minimum absolute atomic E-state index is 0.343. The smallest absolute Gasteiger partial charge is 0.335 e. The summed E-state index contributed by atoms with van der Waals surface area (Å²) in [6, 6.07) is 26.5. The molecule has 0 spiro atoms. The highest BCUT2D eigenvalue weighted by molar-refractivity contribution is 5.82. The lowest BCUT2D eigenvalue weighted by molar-refractivity contribution is -0.887. The predicted octanol–water partition coefficient (Wildman–Crippen LogP) is 1.16. The number of carboxylic acids is 2. The number of fused-ring (bicyclic) bond motifs is 1. The summed E-state index contributed by atoms with van der Waals surface area (Å²) in [6.45, 7) is 4.51. The number of hydrogen-bond acceptors (Lipinski definition) is 7. The molecule has 2 unspecified atom stereocenters. The van der Waals surface area contributed by atoms with E-state index in [1.165, 1.54) is 48.2 Å². The van der Waals surface area contributed by atoms with Crippen molar-refractivity contribution in [3.8, 4) is 11.5 Å². The van der Waals surface area contributed by atoms with Crippen molar-refractivity contribution < 1.29 is 44.4 Å². The zero-order valence-electron chi connectivity index (χ0n) is 23.8. The van der Waals surface area contributed by atoms with E-state index in [2.05, 4.69) is 72.8 Å².